The van der Waals surface area contributed by atoms with Crippen LogP contribution in [0.2, 0.25) is 15.5 Å². The Morgan fingerprint density at radius 2 is 1.07 bits per heavy atom. The molecule has 0 aromatic carbocycles. The van der Waals surface area contributed by atoms with Crippen LogP contribution in [0.15, 0.2) is 48.6 Å². The van der Waals surface area contributed by atoms with Crippen molar-refractivity contribution in [2.75, 3.05) is 0 Å². The van der Waals surface area contributed by atoms with E-state index >= 15 is 0 Å². The summed E-state index contributed by atoms with van der Waals surface area (Å²) < 4.78 is 4.55. The van der Waals surface area contributed by atoms with Gasteiger partial charge in [-0.15, -0.1) is 0 Å². The number of rotatable bonds is 4. The number of allylic oxidation sites excluding steroid dienone is 8. The summed E-state index contributed by atoms with van der Waals surface area (Å²) in [7, 11) is 0. The van der Waals surface area contributed by atoms with Crippen molar-refractivity contribution < 1.29 is 20.3 Å². The van der Waals surface area contributed by atoms with Gasteiger partial charge in [0.15, 0.2) is 0 Å². The summed E-state index contributed by atoms with van der Waals surface area (Å²) in [6.07, 6.45) is 18.8. The van der Waals surface area contributed by atoms with Crippen molar-refractivity contribution in [1.82, 2.24) is 0 Å². The van der Waals surface area contributed by atoms with Crippen molar-refractivity contribution in [2.24, 2.45) is 0 Å². The molecule has 0 saturated carbocycles. The first-order chi connectivity index (χ1) is 7.33. The normalized spacial score (nSPS) is 20.9. The van der Waals surface area contributed by atoms with E-state index in [0.717, 1.165) is 7.25 Å². The zero-order chi connectivity index (χ0) is 10.7. The van der Waals surface area contributed by atoms with E-state index in [9.17, 15) is 0 Å². The van der Waals surface area contributed by atoms with E-state index in [4.69, 9.17) is 0 Å². The van der Waals surface area contributed by atoms with E-state index in [1.807, 2.05) is 0 Å². The minimum absolute atomic E-state index is 0.826. The molecular weight excluding hydrogens is 259 g/mol. The maximum absolute atomic E-state index is 2.45. The Labute approximate surface area is 97.9 Å². The quantitative estimate of drug-likeness (QED) is 0.690. The first kappa shape index (κ1) is 11.3. The Bertz CT molecular complexity index is 275. The predicted octanol–water partition coefficient (Wildman–Crippen LogP) is 4.85. The van der Waals surface area contributed by atoms with Gasteiger partial charge in [-0.05, 0) is 0 Å². The van der Waals surface area contributed by atoms with E-state index in [2.05, 4.69) is 62.5 Å². The van der Waals surface area contributed by atoms with Gasteiger partial charge in [-0.2, -0.15) is 0 Å². The van der Waals surface area contributed by atoms with Gasteiger partial charge < -0.3 is 0 Å². The second-order valence-electron chi connectivity index (χ2n) is 4.53. The molecule has 0 heterocycles. The molecule has 0 aromatic rings. The third kappa shape index (κ3) is 1.91. The van der Waals surface area contributed by atoms with Gasteiger partial charge in [-0.3, -0.25) is 0 Å². The van der Waals surface area contributed by atoms with Crippen molar-refractivity contribution in [3.8, 4) is 0 Å². The molecule has 2 rings (SSSR count). The first-order valence-corrected chi connectivity index (χ1v) is 12.3. The van der Waals surface area contributed by atoms with Crippen molar-refractivity contribution in [3.05, 3.63) is 48.6 Å². The topological polar surface area (TPSA) is 0 Å². The zero-order valence-corrected chi connectivity index (χ0v) is 12.1. The Balaban J connectivity index is 2.29. The summed E-state index contributed by atoms with van der Waals surface area (Å²) in [4.78, 5) is 0. The van der Waals surface area contributed by atoms with Crippen LogP contribution in [-0.4, -0.2) is 0 Å². The van der Waals surface area contributed by atoms with Crippen LogP contribution in [0.25, 0.3) is 0 Å². The molecule has 2 aliphatic rings. The summed E-state index contributed by atoms with van der Waals surface area (Å²) in [6.45, 7) is 4.83. The van der Waals surface area contributed by atoms with Gasteiger partial charge >= 0.3 is 98.2 Å². The predicted molar refractivity (Wildman–Crippen MR) is 65.0 cm³/mol. The van der Waals surface area contributed by atoms with E-state index < -0.39 is 20.3 Å². The molecule has 80 valence electrons. The number of hydrogen-bond acceptors (Lipinski definition) is 0. The van der Waals surface area contributed by atoms with Gasteiger partial charge in [-0.1, -0.05) is 0 Å². The molecule has 0 N–H and O–H groups in total. The van der Waals surface area contributed by atoms with Gasteiger partial charge in [-0.25, -0.2) is 0 Å². The van der Waals surface area contributed by atoms with Crippen molar-refractivity contribution in [2.45, 2.75) is 29.4 Å². The summed E-state index contributed by atoms with van der Waals surface area (Å²) in [5.74, 6) is 0. The molecule has 0 nitrogen and oxygen atoms in total. The molecule has 0 unspecified atom stereocenters. The van der Waals surface area contributed by atoms with Gasteiger partial charge in [0, 0.05) is 0 Å². The minimum atomic E-state index is -2.05. The van der Waals surface area contributed by atoms with Crippen LogP contribution in [0.3, 0.4) is 0 Å². The molecule has 0 fully saturated rings. The summed E-state index contributed by atoms with van der Waals surface area (Å²) >= 11 is -2.05. The fraction of sp³-hybridized carbons (Fsp3) is 0.429. The van der Waals surface area contributed by atoms with Gasteiger partial charge in [0.05, 0.1) is 0 Å². The molecule has 0 radical (unpaired) electrons. The van der Waals surface area contributed by atoms with Crippen LogP contribution in [-0.2, 0) is 20.3 Å². The van der Waals surface area contributed by atoms with Crippen LogP contribution in [0.1, 0.15) is 13.8 Å². The van der Waals surface area contributed by atoms with Crippen LogP contribution < -0.4 is 0 Å². The molecule has 0 aliphatic heterocycles. The molecule has 2 aliphatic carbocycles. The van der Waals surface area contributed by atoms with E-state index in [0.29, 0.717) is 0 Å². The fourth-order valence-corrected chi connectivity index (χ4v) is 14.9. The number of hydrogen-bond donors (Lipinski definition) is 0. The SMILES string of the molecule is C[CH2][Zr]([CH2]C)([CH]1C=CC=C1)[CH]1C=CC=C1. The van der Waals surface area contributed by atoms with Crippen LogP contribution >= 0.6 is 0 Å². The standard InChI is InChI=1S/2C5H5.2C2H5.Zr/c2*1-2-4-5-3-1;2*1-2;/h2*1-5H;2*1H2,2H3;. The second-order valence-corrected chi connectivity index (χ2v) is 17.3. The second kappa shape index (κ2) is 4.79. The molecule has 15 heavy (non-hydrogen) atoms. The van der Waals surface area contributed by atoms with E-state index in [1.165, 1.54) is 8.26 Å². The van der Waals surface area contributed by atoms with Crippen molar-refractivity contribution in [1.29, 1.82) is 0 Å². The zero-order valence-electron chi connectivity index (χ0n) is 9.69. The summed E-state index contributed by atoms with van der Waals surface area (Å²) in [5.41, 5.74) is 0. The van der Waals surface area contributed by atoms with Crippen LogP contribution in [0, 0.1) is 0 Å². The molecule has 0 spiro atoms. The maximum atomic E-state index is 2.45. The van der Waals surface area contributed by atoms with Crippen LogP contribution in [0.5, 0.6) is 0 Å². The van der Waals surface area contributed by atoms with Gasteiger partial charge in [0.2, 0.25) is 0 Å². The van der Waals surface area contributed by atoms with E-state index in [1.54, 1.807) is 0 Å². The monoisotopic (exact) mass is 278 g/mol. The van der Waals surface area contributed by atoms with Gasteiger partial charge in [0.25, 0.3) is 0 Å². The average Bonchev–Trinajstić information content (AvgIpc) is 2.92. The molecular formula is C14H20Zr. The third-order valence-corrected chi connectivity index (χ3v) is 19.0. The third-order valence-electron chi connectivity index (χ3n) is 4.14. The summed E-state index contributed by atoms with van der Waals surface area (Å²) in [5, 5.41) is 0. The van der Waals surface area contributed by atoms with Gasteiger partial charge in [0.1, 0.15) is 0 Å². The average molecular weight is 280 g/mol. The molecule has 0 bridgehead atoms. The molecule has 0 atom stereocenters. The van der Waals surface area contributed by atoms with Crippen molar-refractivity contribution >= 4 is 0 Å². The Hall–Kier alpha value is -0.157. The Morgan fingerprint density at radius 1 is 0.733 bits per heavy atom. The fourth-order valence-electron chi connectivity index (χ4n) is 3.05. The Kier molecular flexibility index (Phi) is 3.62. The molecule has 0 saturated heterocycles. The Morgan fingerprint density at radius 3 is 1.33 bits per heavy atom. The van der Waals surface area contributed by atoms with Crippen molar-refractivity contribution in [3.63, 3.8) is 0 Å². The molecule has 0 amide bonds. The summed E-state index contributed by atoms with van der Waals surface area (Å²) in [6, 6.07) is 0. The molecule has 1 heteroatoms. The first-order valence-electron chi connectivity index (χ1n) is 6.03. The molecule has 0 aromatic heterocycles. The van der Waals surface area contributed by atoms with Crippen LogP contribution in [0.4, 0.5) is 0 Å². The van der Waals surface area contributed by atoms with E-state index in [-0.39, 0.29) is 0 Å².